The average Bonchev–Trinajstić information content (AvgIpc) is 2.75. The van der Waals surface area contributed by atoms with Crippen molar-refractivity contribution < 1.29 is 4.39 Å². The van der Waals surface area contributed by atoms with Crippen LogP contribution in [-0.4, -0.2) is 26.3 Å². The Morgan fingerprint density at radius 1 is 1.50 bits per heavy atom. The summed E-state index contributed by atoms with van der Waals surface area (Å²) in [7, 11) is 1.83. The summed E-state index contributed by atoms with van der Waals surface area (Å²) in [5.41, 5.74) is 0.606. The Morgan fingerprint density at radius 2 is 2.33 bits per heavy atom. The molecule has 18 heavy (non-hydrogen) atoms. The van der Waals surface area contributed by atoms with E-state index in [4.69, 9.17) is 0 Å². The molecule has 5 nitrogen and oxygen atoms in total. The van der Waals surface area contributed by atoms with Crippen LogP contribution in [0, 0.1) is 5.82 Å². The molecule has 0 amide bonds. The number of aromatic nitrogens is 4. The van der Waals surface area contributed by atoms with Crippen molar-refractivity contribution >= 4 is 0 Å². The summed E-state index contributed by atoms with van der Waals surface area (Å²) in [6.07, 6.45) is 4.92. The van der Waals surface area contributed by atoms with E-state index in [0.717, 1.165) is 12.4 Å². The smallest absolute Gasteiger partial charge is 0.146 e. The number of pyridine rings is 1. The fourth-order valence-electron chi connectivity index (χ4n) is 1.89. The standard InChI is InChI=1S/C12H16FN5/c1-3-15-11(6-12-16-8-17-18(12)2)9-4-5-14-7-10(9)13/h4-5,7-8,11,15H,3,6H2,1-2H3. The van der Waals surface area contributed by atoms with E-state index in [-0.39, 0.29) is 11.9 Å². The van der Waals surface area contributed by atoms with E-state index in [1.54, 1.807) is 16.9 Å². The molecule has 2 aromatic heterocycles. The zero-order valence-electron chi connectivity index (χ0n) is 10.5. The van der Waals surface area contributed by atoms with Gasteiger partial charge in [-0.05, 0) is 12.6 Å². The molecule has 0 aliphatic heterocycles. The molecule has 0 spiro atoms. The Hall–Kier alpha value is -1.82. The topological polar surface area (TPSA) is 55.6 Å². The lowest BCUT2D eigenvalue weighted by atomic mass is 10.0. The average molecular weight is 249 g/mol. The van der Waals surface area contributed by atoms with Gasteiger partial charge in [0, 0.05) is 31.3 Å². The first-order chi connectivity index (χ1) is 8.72. The number of hydrogen-bond donors (Lipinski definition) is 1. The van der Waals surface area contributed by atoms with E-state index in [0.29, 0.717) is 12.0 Å². The third-order valence-corrected chi connectivity index (χ3v) is 2.82. The summed E-state index contributed by atoms with van der Waals surface area (Å²) in [4.78, 5) is 7.93. The Kier molecular flexibility index (Phi) is 3.99. The van der Waals surface area contributed by atoms with Crippen molar-refractivity contribution in [3.63, 3.8) is 0 Å². The molecule has 0 aromatic carbocycles. The lowest BCUT2D eigenvalue weighted by Gasteiger charge is -2.18. The van der Waals surface area contributed by atoms with E-state index < -0.39 is 0 Å². The molecular formula is C12H16FN5. The Labute approximate surface area is 105 Å². The van der Waals surface area contributed by atoms with Crippen molar-refractivity contribution in [2.24, 2.45) is 7.05 Å². The van der Waals surface area contributed by atoms with Gasteiger partial charge in [0.1, 0.15) is 18.0 Å². The molecule has 0 radical (unpaired) electrons. The molecule has 0 saturated heterocycles. The normalized spacial score (nSPS) is 12.6. The van der Waals surface area contributed by atoms with E-state index in [9.17, 15) is 4.39 Å². The fourth-order valence-corrected chi connectivity index (χ4v) is 1.89. The van der Waals surface area contributed by atoms with Crippen LogP contribution in [0.2, 0.25) is 0 Å². The Balaban J connectivity index is 2.24. The minimum atomic E-state index is -0.300. The molecule has 1 atom stereocenters. The van der Waals surface area contributed by atoms with Crippen molar-refractivity contribution in [3.05, 3.63) is 42.0 Å². The molecule has 2 aromatic rings. The molecule has 0 aliphatic carbocycles. The van der Waals surface area contributed by atoms with Crippen LogP contribution >= 0.6 is 0 Å². The van der Waals surface area contributed by atoms with Crippen LogP contribution in [0.1, 0.15) is 24.4 Å². The van der Waals surface area contributed by atoms with Gasteiger partial charge in [-0.15, -0.1) is 0 Å². The van der Waals surface area contributed by atoms with E-state index >= 15 is 0 Å². The highest BCUT2D eigenvalue weighted by atomic mass is 19.1. The van der Waals surface area contributed by atoms with Crippen LogP contribution in [0.25, 0.3) is 0 Å². The summed E-state index contributed by atoms with van der Waals surface area (Å²) in [5.74, 6) is 0.516. The minimum absolute atomic E-state index is 0.124. The third kappa shape index (κ3) is 2.70. The van der Waals surface area contributed by atoms with Crippen LogP contribution in [0.5, 0.6) is 0 Å². The van der Waals surface area contributed by atoms with Crippen molar-refractivity contribution in [2.75, 3.05) is 6.54 Å². The highest BCUT2D eigenvalue weighted by Gasteiger charge is 2.17. The quantitative estimate of drug-likeness (QED) is 0.866. The lowest BCUT2D eigenvalue weighted by Crippen LogP contribution is -2.25. The molecule has 0 bridgehead atoms. The fraction of sp³-hybridized carbons (Fsp3) is 0.417. The summed E-state index contributed by atoms with van der Waals surface area (Å²) in [6, 6.07) is 1.57. The molecule has 1 N–H and O–H groups in total. The third-order valence-electron chi connectivity index (χ3n) is 2.82. The molecule has 6 heteroatoms. The summed E-state index contributed by atoms with van der Waals surface area (Å²) < 4.78 is 15.4. The Morgan fingerprint density at radius 3 is 2.94 bits per heavy atom. The van der Waals surface area contributed by atoms with Crippen LogP contribution in [-0.2, 0) is 13.5 Å². The summed E-state index contributed by atoms with van der Waals surface area (Å²) in [5, 5.41) is 7.27. The van der Waals surface area contributed by atoms with Gasteiger partial charge >= 0.3 is 0 Å². The molecule has 0 saturated carbocycles. The maximum atomic E-state index is 13.7. The predicted octanol–water partition coefficient (Wildman–Crippen LogP) is 1.24. The number of aryl methyl sites for hydroxylation is 1. The lowest BCUT2D eigenvalue weighted by molar-refractivity contribution is 0.490. The van der Waals surface area contributed by atoms with E-state index in [1.807, 2.05) is 14.0 Å². The van der Waals surface area contributed by atoms with Crippen molar-refractivity contribution in [1.82, 2.24) is 25.1 Å². The van der Waals surface area contributed by atoms with Gasteiger partial charge in [-0.25, -0.2) is 9.37 Å². The second kappa shape index (κ2) is 5.68. The highest BCUT2D eigenvalue weighted by Crippen LogP contribution is 2.19. The first-order valence-electron chi connectivity index (χ1n) is 5.88. The van der Waals surface area contributed by atoms with Gasteiger partial charge in [-0.3, -0.25) is 9.67 Å². The van der Waals surface area contributed by atoms with Crippen molar-refractivity contribution in [3.8, 4) is 0 Å². The second-order valence-electron chi connectivity index (χ2n) is 4.01. The zero-order valence-corrected chi connectivity index (χ0v) is 10.5. The first-order valence-corrected chi connectivity index (χ1v) is 5.88. The van der Waals surface area contributed by atoms with Gasteiger partial charge in [-0.2, -0.15) is 5.10 Å². The van der Waals surface area contributed by atoms with E-state index in [2.05, 4.69) is 20.4 Å². The summed E-state index contributed by atoms with van der Waals surface area (Å²) in [6.45, 7) is 2.74. The predicted molar refractivity (Wildman–Crippen MR) is 65.3 cm³/mol. The largest absolute Gasteiger partial charge is 0.310 e. The zero-order chi connectivity index (χ0) is 13.0. The van der Waals surface area contributed by atoms with Crippen molar-refractivity contribution in [1.29, 1.82) is 0 Å². The number of hydrogen-bond acceptors (Lipinski definition) is 4. The SMILES string of the molecule is CCNC(Cc1ncnn1C)c1ccncc1F. The highest BCUT2D eigenvalue weighted by molar-refractivity contribution is 5.18. The van der Waals surface area contributed by atoms with Gasteiger partial charge in [-0.1, -0.05) is 6.92 Å². The van der Waals surface area contributed by atoms with Crippen LogP contribution < -0.4 is 5.32 Å². The van der Waals surface area contributed by atoms with Crippen LogP contribution in [0.3, 0.4) is 0 Å². The monoisotopic (exact) mass is 249 g/mol. The number of nitrogens with zero attached hydrogens (tertiary/aromatic N) is 4. The molecule has 2 rings (SSSR count). The number of halogens is 1. The molecular weight excluding hydrogens is 233 g/mol. The summed E-state index contributed by atoms with van der Waals surface area (Å²) >= 11 is 0. The van der Waals surface area contributed by atoms with Gasteiger partial charge < -0.3 is 5.32 Å². The van der Waals surface area contributed by atoms with Gasteiger partial charge in [0.15, 0.2) is 0 Å². The minimum Gasteiger partial charge on any atom is -0.310 e. The first kappa shape index (κ1) is 12.6. The van der Waals surface area contributed by atoms with Gasteiger partial charge in [0.2, 0.25) is 0 Å². The van der Waals surface area contributed by atoms with Gasteiger partial charge in [0.05, 0.1) is 6.20 Å². The Bertz CT molecular complexity index is 511. The van der Waals surface area contributed by atoms with E-state index in [1.165, 1.54) is 12.5 Å². The molecule has 1 unspecified atom stereocenters. The second-order valence-corrected chi connectivity index (χ2v) is 4.01. The molecule has 96 valence electrons. The molecule has 2 heterocycles. The maximum absolute atomic E-state index is 13.7. The molecule has 0 aliphatic rings. The molecule has 0 fully saturated rings. The number of nitrogens with one attached hydrogen (secondary N) is 1. The van der Waals surface area contributed by atoms with Crippen molar-refractivity contribution in [2.45, 2.75) is 19.4 Å². The maximum Gasteiger partial charge on any atom is 0.146 e. The van der Waals surface area contributed by atoms with Crippen LogP contribution in [0.4, 0.5) is 4.39 Å². The number of likely N-dealkylation sites (N-methyl/N-ethyl adjacent to an activating group) is 1. The van der Waals surface area contributed by atoms with Crippen LogP contribution in [0.15, 0.2) is 24.8 Å². The number of rotatable bonds is 5. The van der Waals surface area contributed by atoms with Gasteiger partial charge in [0.25, 0.3) is 0 Å².